The number of piperidine rings is 1. The molecule has 1 spiro atoms. The second-order valence-electron chi connectivity index (χ2n) is 8.16. The molecule has 174 valence electrons. The summed E-state index contributed by atoms with van der Waals surface area (Å²) in [6.45, 7) is 6.70. The zero-order chi connectivity index (χ0) is 23.4. The molecule has 8 nitrogen and oxygen atoms in total. The van der Waals surface area contributed by atoms with Gasteiger partial charge in [0.05, 0.1) is 12.7 Å². The Bertz CT molecular complexity index is 925. The number of nitrogens with zero attached hydrogens (tertiary/aromatic N) is 4. The summed E-state index contributed by atoms with van der Waals surface area (Å²) in [5, 5.41) is 7.12. The molecule has 2 aliphatic heterocycles. The van der Waals surface area contributed by atoms with E-state index in [4.69, 9.17) is 14.3 Å². The molecule has 4 heterocycles. The first-order valence-corrected chi connectivity index (χ1v) is 10.2. The van der Waals surface area contributed by atoms with Crippen LogP contribution in [0.4, 0.5) is 13.2 Å². The van der Waals surface area contributed by atoms with Gasteiger partial charge in [-0.1, -0.05) is 0 Å². The van der Waals surface area contributed by atoms with Gasteiger partial charge in [0.15, 0.2) is 0 Å². The Morgan fingerprint density at radius 1 is 1.16 bits per heavy atom. The van der Waals surface area contributed by atoms with E-state index in [1.54, 1.807) is 18.6 Å². The van der Waals surface area contributed by atoms with E-state index in [0.717, 1.165) is 57.1 Å². The van der Waals surface area contributed by atoms with Crippen molar-refractivity contribution in [2.24, 2.45) is 5.41 Å². The molecule has 0 saturated carbocycles. The number of aromatic nitrogens is 2. The Morgan fingerprint density at radius 2 is 1.81 bits per heavy atom. The van der Waals surface area contributed by atoms with Crippen LogP contribution in [0, 0.1) is 12.3 Å². The standard InChI is InChI=1S/C19H24N4O2.C2HF3O2/c1-15-2-3-16(25-15)13-22-9-4-19(14-22)5-10-23(11-6-19)18(24)17-12-20-7-8-21-17;3-2(4,5)1(6)7/h2-3,7-8,12H,4-6,9-11,13-14H2,1H3;(H,6,7). The number of likely N-dealkylation sites (tertiary alicyclic amines) is 2. The van der Waals surface area contributed by atoms with Gasteiger partial charge in [-0.25, -0.2) is 9.78 Å². The topological polar surface area (TPSA) is 99.8 Å². The molecule has 2 saturated heterocycles. The lowest BCUT2D eigenvalue weighted by Gasteiger charge is -2.39. The number of carbonyl (C=O) groups excluding carboxylic acids is 1. The molecule has 0 bridgehead atoms. The number of hydrogen-bond acceptors (Lipinski definition) is 6. The maximum absolute atomic E-state index is 12.5. The Hall–Kier alpha value is -2.95. The lowest BCUT2D eigenvalue weighted by atomic mass is 9.77. The van der Waals surface area contributed by atoms with Crippen molar-refractivity contribution in [2.45, 2.75) is 38.9 Å². The SMILES string of the molecule is Cc1ccc(CN2CCC3(CCN(C(=O)c4cnccn4)CC3)C2)o1.O=C(O)C(F)(F)F. The van der Waals surface area contributed by atoms with Crippen LogP contribution in [0.2, 0.25) is 0 Å². The molecular formula is C21H25F3N4O4. The number of furan rings is 1. The predicted octanol–water partition coefficient (Wildman–Crippen LogP) is 3.14. The Balaban J connectivity index is 0.000000360. The number of alkyl halides is 3. The fraction of sp³-hybridized carbons (Fsp3) is 0.524. The first-order valence-electron chi connectivity index (χ1n) is 10.2. The van der Waals surface area contributed by atoms with Gasteiger partial charge in [-0.2, -0.15) is 13.2 Å². The predicted molar refractivity (Wildman–Crippen MR) is 107 cm³/mol. The van der Waals surface area contributed by atoms with E-state index >= 15 is 0 Å². The van der Waals surface area contributed by atoms with Crippen molar-refractivity contribution >= 4 is 11.9 Å². The average Bonchev–Trinajstić information content (AvgIpc) is 3.34. The molecule has 0 radical (unpaired) electrons. The normalized spacial score (nSPS) is 18.3. The first kappa shape index (κ1) is 23.7. The number of carboxylic acids is 1. The minimum absolute atomic E-state index is 0.00358. The molecule has 1 N–H and O–H groups in total. The second-order valence-corrected chi connectivity index (χ2v) is 8.16. The van der Waals surface area contributed by atoms with Crippen LogP contribution in [-0.2, 0) is 11.3 Å². The summed E-state index contributed by atoms with van der Waals surface area (Å²) in [5.41, 5.74) is 0.792. The molecule has 11 heteroatoms. The van der Waals surface area contributed by atoms with Gasteiger partial charge in [-0.15, -0.1) is 0 Å². The molecule has 32 heavy (non-hydrogen) atoms. The van der Waals surface area contributed by atoms with Crippen LogP contribution in [0.3, 0.4) is 0 Å². The molecule has 2 aromatic rings. The van der Waals surface area contributed by atoms with Gasteiger partial charge in [0, 0.05) is 32.0 Å². The minimum Gasteiger partial charge on any atom is -0.475 e. The van der Waals surface area contributed by atoms with Gasteiger partial charge in [0.2, 0.25) is 0 Å². The van der Waals surface area contributed by atoms with Crippen molar-refractivity contribution < 1.29 is 32.3 Å². The fourth-order valence-electron chi connectivity index (χ4n) is 4.12. The van der Waals surface area contributed by atoms with E-state index in [1.807, 2.05) is 17.9 Å². The summed E-state index contributed by atoms with van der Waals surface area (Å²) in [6, 6.07) is 4.10. The number of hydrogen-bond donors (Lipinski definition) is 1. The lowest BCUT2D eigenvalue weighted by Crippen LogP contribution is -2.44. The number of carbonyl (C=O) groups is 2. The van der Waals surface area contributed by atoms with Crippen LogP contribution in [0.1, 0.15) is 41.3 Å². The van der Waals surface area contributed by atoms with Gasteiger partial charge in [-0.3, -0.25) is 14.7 Å². The molecule has 2 fully saturated rings. The lowest BCUT2D eigenvalue weighted by molar-refractivity contribution is -0.192. The quantitative estimate of drug-likeness (QED) is 0.761. The molecule has 2 aliphatic rings. The fourth-order valence-corrected chi connectivity index (χ4v) is 4.12. The van der Waals surface area contributed by atoms with E-state index in [1.165, 1.54) is 6.42 Å². The van der Waals surface area contributed by atoms with Gasteiger partial charge in [0.25, 0.3) is 5.91 Å². The monoisotopic (exact) mass is 454 g/mol. The van der Waals surface area contributed by atoms with E-state index in [0.29, 0.717) is 11.1 Å². The largest absolute Gasteiger partial charge is 0.490 e. The highest BCUT2D eigenvalue weighted by Gasteiger charge is 2.41. The summed E-state index contributed by atoms with van der Waals surface area (Å²) in [4.78, 5) is 33.9. The number of aryl methyl sites for hydroxylation is 1. The third-order valence-electron chi connectivity index (χ3n) is 5.83. The van der Waals surface area contributed by atoms with E-state index in [2.05, 4.69) is 20.9 Å². The van der Waals surface area contributed by atoms with Crippen molar-refractivity contribution in [3.05, 3.63) is 47.9 Å². The summed E-state index contributed by atoms with van der Waals surface area (Å²) in [5.74, 6) is -0.735. The minimum atomic E-state index is -5.08. The highest BCUT2D eigenvalue weighted by molar-refractivity contribution is 5.92. The zero-order valence-electron chi connectivity index (χ0n) is 17.6. The Morgan fingerprint density at radius 3 is 2.34 bits per heavy atom. The molecule has 4 rings (SSSR count). The number of rotatable bonds is 3. The summed E-state index contributed by atoms with van der Waals surface area (Å²) >= 11 is 0. The highest BCUT2D eigenvalue weighted by atomic mass is 19.4. The highest BCUT2D eigenvalue weighted by Crippen LogP contribution is 2.41. The van der Waals surface area contributed by atoms with E-state index < -0.39 is 12.1 Å². The number of aliphatic carboxylic acids is 1. The maximum atomic E-state index is 12.5. The van der Waals surface area contributed by atoms with Crippen molar-refractivity contribution in [3.8, 4) is 0 Å². The first-order chi connectivity index (χ1) is 15.1. The number of carboxylic acid groups (broad SMARTS) is 1. The van der Waals surface area contributed by atoms with Crippen LogP contribution in [0.25, 0.3) is 0 Å². The van der Waals surface area contributed by atoms with Crippen LogP contribution < -0.4 is 0 Å². The summed E-state index contributed by atoms with van der Waals surface area (Å²) in [6.07, 6.45) is 2.97. The molecular weight excluding hydrogens is 429 g/mol. The van der Waals surface area contributed by atoms with E-state index in [-0.39, 0.29) is 5.91 Å². The maximum Gasteiger partial charge on any atom is 0.490 e. The molecule has 0 atom stereocenters. The number of amides is 1. The van der Waals surface area contributed by atoms with Crippen LogP contribution >= 0.6 is 0 Å². The van der Waals surface area contributed by atoms with Crippen LogP contribution in [0.5, 0.6) is 0 Å². The van der Waals surface area contributed by atoms with Crippen molar-refractivity contribution in [2.75, 3.05) is 26.2 Å². The van der Waals surface area contributed by atoms with Crippen LogP contribution in [-0.4, -0.2) is 69.1 Å². The molecule has 0 unspecified atom stereocenters. The molecule has 1 amide bonds. The zero-order valence-corrected chi connectivity index (χ0v) is 17.6. The smallest absolute Gasteiger partial charge is 0.475 e. The van der Waals surface area contributed by atoms with E-state index in [9.17, 15) is 18.0 Å². The van der Waals surface area contributed by atoms with Gasteiger partial charge >= 0.3 is 12.1 Å². The van der Waals surface area contributed by atoms with Gasteiger partial charge in [0.1, 0.15) is 17.2 Å². The van der Waals surface area contributed by atoms with Gasteiger partial charge in [-0.05, 0) is 50.3 Å². The van der Waals surface area contributed by atoms with Crippen molar-refractivity contribution in [1.29, 1.82) is 0 Å². The second kappa shape index (κ2) is 9.68. The molecule has 0 aromatic carbocycles. The summed E-state index contributed by atoms with van der Waals surface area (Å²) < 4.78 is 37.4. The summed E-state index contributed by atoms with van der Waals surface area (Å²) in [7, 11) is 0. The van der Waals surface area contributed by atoms with Crippen molar-refractivity contribution in [1.82, 2.24) is 19.8 Å². The Kier molecular flexibility index (Phi) is 7.17. The van der Waals surface area contributed by atoms with Crippen LogP contribution in [0.15, 0.2) is 35.1 Å². The van der Waals surface area contributed by atoms with Crippen molar-refractivity contribution in [3.63, 3.8) is 0 Å². The third kappa shape index (κ3) is 6.06. The Labute approximate surface area is 183 Å². The average molecular weight is 454 g/mol. The van der Waals surface area contributed by atoms with Gasteiger partial charge < -0.3 is 14.4 Å². The molecule has 2 aromatic heterocycles. The third-order valence-corrected chi connectivity index (χ3v) is 5.83. The molecule has 0 aliphatic carbocycles. The number of halogens is 3.